The number of rotatable bonds is 3. The molecule has 0 aliphatic heterocycles. The smallest absolute Gasteiger partial charge is 0.237 e. The Bertz CT molecular complexity index is 668. The van der Waals surface area contributed by atoms with Gasteiger partial charge in [0, 0.05) is 18.1 Å². The molecule has 2 rings (SSSR count). The van der Waals surface area contributed by atoms with Gasteiger partial charge in [0.2, 0.25) is 5.71 Å². The number of nitrogens with zero attached hydrogens (tertiary/aromatic N) is 4. The number of benzene rings is 1. The van der Waals surface area contributed by atoms with E-state index in [9.17, 15) is 0 Å². The van der Waals surface area contributed by atoms with Gasteiger partial charge in [-0.15, -0.1) is 0 Å². The minimum absolute atomic E-state index is 0.205. The van der Waals surface area contributed by atoms with E-state index in [1.165, 1.54) is 0 Å². The van der Waals surface area contributed by atoms with Gasteiger partial charge in [-0.25, -0.2) is 0 Å². The minimum Gasteiger partial charge on any atom is -0.324 e. The molecule has 5 nitrogen and oxygen atoms in total. The van der Waals surface area contributed by atoms with Crippen LogP contribution in [0.3, 0.4) is 0 Å². The zero-order valence-corrected chi connectivity index (χ0v) is 10.3. The van der Waals surface area contributed by atoms with Crippen LogP contribution < -0.4 is 5.43 Å². The van der Waals surface area contributed by atoms with Crippen molar-refractivity contribution in [3.05, 3.63) is 48.3 Å². The van der Waals surface area contributed by atoms with Crippen LogP contribution in [-0.4, -0.2) is 10.3 Å². The number of nitriles is 2. The highest BCUT2D eigenvalue weighted by molar-refractivity contribution is 6.10. The molecule has 0 saturated carbocycles. The van der Waals surface area contributed by atoms with Crippen LogP contribution in [0.2, 0.25) is 0 Å². The molecule has 2 aromatic rings. The normalized spacial score (nSPS) is 9.21. The lowest BCUT2D eigenvalue weighted by Gasteiger charge is -2.09. The summed E-state index contributed by atoms with van der Waals surface area (Å²) >= 11 is 0. The van der Waals surface area contributed by atoms with Gasteiger partial charge < -0.3 is 4.57 Å². The fourth-order valence-corrected chi connectivity index (χ4v) is 1.65. The largest absolute Gasteiger partial charge is 0.324 e. The first-order chi connectivity index (χ1) is 9.24. The van der Waals surface area contributed by atoms with Crippen molar-refractivity contribution in [3.8, 4) is 17.8 Å². The standard InChI is InChI=1S/C14H11N5/c1-11-4-5-12(17-18-13(9-15)10-16)8-14(11)19-6-2-3-7-19/h2-8,17H,1H3. The Kier molecular flexibility index (Phi) is 3.61. The highest BCUT2D eigenvalue weighted by Crippen LogP contribution is 2.19. The summed E-state index contributed by atoms with van der Waals surface area (Å²) < 4.78 is 1.99. The predicted molar refractivity (Wildman–Crippen MR) is 72.8 cm³/mol. The van der Waals surface area contributed by atoms with E-state index in [-0.39, 0.29) is 5.71 Å². The van der Waals surface area contributed by atoms with Gasteiger partial charge >= 0.3 is 0 Å². The highest BCUT2D eigenvalue weighted by Gasteiger charge is 2.02. The van der Waals surface area contributed by atoms with E-state index in [0.717, 1.165) is 16.9 Å². The molecule has 1 N–H and O–H groups in total. The van der Waals surface area contributed by atoms with Crippen molar-refractivity contribution in [2.75, 3.05) is 5.43 Å². The molecule has 0 radical (unpaired) electrons. The Labute approximate surface area is 111 Å². The van der Waals surface area contributed by atoms with Crippen molar-refractivity contribution < 1.29 is 0 Å². The van der Waals surface area contributed by atoms with E-state index < -0.39 is 0 Å². The van der Waals surface area contributed by atoms with E-state index in [4.69, 9.17) is 10.5 Å². The van der Waals surface area contributed by atoms with Gasteiger partial charge in [-0.3, -0.25) is 5.43 Å². The molecule has 1 aromatic carbocycles. The van der Waals surface area contributed by atoms with E-state index in [2.05, 4.69) is 10.5 Å². The molecule has 1 aromatic heterocycles. The Morgan fingerprint density at radius 1 is 1.21 bits per heavy atom. The van der Waals surface area contributed by atoms with Gasteiger partial charge in [0.1, 0.15) is 12.1 Å². The molecule has 0 saturated heterocycles. The summed E-state index contributed by atoms with van der Waals surface area (Å²) in [5.74, 6) is 0. The fraction of sp³-hybridized carbons (Fsp3) is 0.0714. The van der Waals surface area contributed by atoms with Gasteiger partial charge in [0.15, 0.2) is 0 Å². The number of aryl methyl sites for hydroxylation is 1. The Morgan fingerprint density at radius 2 is 1.89 bits per heavy atom. The third kappa shape index (κ3) is 2.80. The van der Waals surface area contributed by atoms with Crippen molar-refractivity contribution in [3.63, 3.8) is 0 Å². The number of anilines is 1. The second-order valence-corrected chi connectivity index (χ2v) is 3.89. The average Bonchev–Trinajstić information content (AvgIpc) is 2.95. The summed E-state index contributed by atoms with van der Waals surface area (Å²) in [6.45, 7) is 2.01. The van der Waals surface area contributed by atoms with Crippen LogP contribution in [0.25, 0.3) is 5.69 Å². The molecule has 0 fully saturated rings. The molecule has 0 amide bonds. The monoisotopic (exact) mass is 249 g/mol. The maximum absolute atomic E-state index is 8.61. The second-order valence-electron chi connectivity index (χ2n) is 3.89. The van der Waals surface area contributed by atoms with Gasteiger partial charge in [0.05, 0.1) is 5.69 Å². The molecule has 0 spiro atoms. The number of hydrogen-bond acceptors (Lipinski definition) is 4. The molecular weight excluding hydrogens is 238 g/mol. The van der Waals surface area contributed by atoms with Gasteiger partial charge in [-0.1, -0.05) is 6.07 Å². The lowest BCUT2D eigenvalue weighted by atomic mass is 10.2. The quantitative estimate of drug-likeness (QED) is 0.671. The number of hydrazone groups is 1. The van der Waals surface area contributed by atoms with Crippen molar-refractivity contribution >= 4 is 11.4 Å². The molecule has 0 unspecified atom stereocenters. The van der Waals surface area contributed by atoms with E-state index in [1.807, 2.05) is 54.2 Å². The SMILES string of the molecule is Cc1ccc(NN=C(C#N)C#N)cc1-n1cccc1. The Hall–Kier alpha value is -3.05. The summed E-state index contributed by atoms with van der Waals surface area (Å²) in [7, 11) is 0. The topological polar surface area (TPSA) is 76.9 Å². The third-order valence-electron chi connectivity index (χ3n) is 2.60. The zero-order chi connectivity index (χ0) is 13.7. The van der Waals surface area contributed by atoms with Crippen LogP contribution in [0.15, 0.2) is 47.8 Å². The van der Waals surface area contributed by atoms with Gasteiger partial charge in [-0.2, -0.15) is 15.6 Å². The van der Waals surface area contributed by atoms with Crippen LogP contribution in [0.5, 0.6) is 0 Å². The summed E-state index contributed by atoms with van der Waals surface area (Å²) in [6.07, 6.45) is 3.90. The molecule has 0 aliphatic carbocycles. The van der Waals surface area contributed by atoms with Crippen molar-refractivity contribution in [2.24, 2.45) is 5.10 Å². The summed E-state index contributed by atoms with van der Waals surface area (Å²) in [5, 5.41) is 20.9. The van der Waals surface area contributed by atoms with Crippen LogP contribution in [-0.2, 0) is 0 Å². The number of hydrogen-bond donors (Lipinski definition) is 1. The third-order valence-corrected chi connectivity index (χ3v) is 2.60. The van der Waals surface area contributed by atoms with Crippen LogP contribution >= 0.6 is 0 Å². The van der Waals surface area contributed by atoms with Gasteiger partial charge in [-0.05, 0) is 36.8 Å². The first kappa shape index (κ1) is 12.4. The minimum atomic E-state index is -0.205. The molecule has 0 atom stereocenters. The maximum Gasteiger partial charge on any atom is 0.237 e. The van der Waals surface area contributed by atoms with Gasteiger partial charge in [0.25, 0.3) is 0 Å². The first-order valence-corrected chi connectivity index (χ1v) is 5.62. The fourth-order valence-electron chi connectivity index (χ4n) is 1.65. The molecule has 92 valence electrons. The van der Waals surface area contributed by atoms with E-state index >= 15 is 0 Å². The Morgan fingerprint density at radius 3 is 2.53 bits per heavy atom. The summed E-state index contributed by atoms with van der Waals surface area (Å²) in [4.78, 5) is 0. The number of aromatic nitrogens is 1. The highest BCUT2D eigenvalue weighted by atomic mass is 15.3. The second kappa shape index (κ2) is 5.52. The number of nitrogens with one attached hydrogen (secondary N) is 1. The van der Waals surface area contributed by atoms with Crippen molar-refractivity contribution in [1.82, 2.24) is 4.57 Å². The molecule has 0 bridgehead atoms. The van der Waals surface area contributed by atoms with Crippen LogP contribution in [0, 0.1) is 29.6 Å². The first-order valence-electron chi connectivity index (χ1n) is 5.62. The predicted octanol–water partition coefficient (Wildman–Crippen LogP) is 2.60. The van der Waals surface area contributed by atoms with E-state index in [1.54, 1.807) is 12.1 Å². The summed E-state index contributed by atoms with van der Waals surface area (Å²) in [6, 6.07) is 13.0. The molecule has 19 heavy (non-hydrogen) atoms. The van der Waals surface area contributed by atoms with E-state index in [0.29, 0.717) is 0 Å². The Balaban J connectivity index is 2.31. The maximum atomic E-state index is 8.61. The average molecular weight is 249 g/mol. The molecule has 0 aliphatic rings. The van der Waals surface area contributed by atoms with Crippen LogP contribution in [0.1, 0.15) is 5.56 Å². The molecule has 1 heterocycles. The molecule has 5 heteroatoms. The van der Waals surface area contributed by atoms with Crippen molar-refractivity contribution in [1.29, 1.82) is 10.5 Å². The summed E-state index contributed by atoms with van der Waals surface area (Å²) in [5.41, 5.74) is 5.35. The van der Waals surface area contributed by atoms with Crippen molar-refractivity contribution in [2.45, 2.75) is 6.92 Å². The lowest BCUT2D eigenvalue weighted by molar-refractivity contribution is 1.06. The zero-order valence-electron chi connectivity index (χ0n) is 10.3. The molecular formula is C14H11N5. The van der Waals surface area contributed by atoms with Crippen LogP contribution in [0.4, 0.5) is 5.69 Å². The lowest BCUT2D eigenvalue weighted by Crippen LogP contribution is -1.99.